The minimum Gasteiger partial charge on any atom is -0.444 e. The lowest BCUT2D eigenvalue weighted by Gasteiger charge is -2.31. The van der Waals surface area contributed by atoms with Crippen LogP contribution in [0.3, 0.4) is 0 Å². The van der Waals surface area contributed by atoms with E-state index in [-0.39, 0.29) is 30.6 Å². The van der Waals surface area contributed by atoms with E-state index >= 15 is 0 Å². The van der Waals surface area contributed by atoms with Crippen molar-refractivity contribution < 1.29 is 37.1 Å². The molecule has 0 aromatic rings. The average Bonchev–Trinajstić information content (AvgIpc) is 3.77. The monoisotopic (exact) mass is 609 g/mol. The zero-order valence-electron chi connectivity index (χ0n) is 25.7. The summed E-state index contributed by atoms with van der Waals surface area (Å²) in [5.74, 6) is -2.00. The summed E-state index contributed by atoms with van der Waals surface area (Å²) in [6.45, 7) is 8.84. The fourth-order valence-electron chi connectivity index (χ4n) is 6.24. The van der Waals surface area contributed by atoms with Gasteiger partial charge in [0, 0.05) is 26.0 Å². The number of rotatable bonds is 5. The molecule has 236 valence electrons. The number of carbonyl (C=O) groups is 4. The molecule has 0 aromatic heterocycles. The zero-order chi connectivity index (χ0) is 31.1. The number of methoxy groups -OCH3 is 1. The molecule has 0 bridgehead atoms. The molecule has 0 spiro atoms. The topological polar surface area (TPSA) is 148 Å². The van der Waals surface area contributed by atoms with Crippen LogP contribution in [0.25, 0.3) is 0 Å². The summed E-state index contributed by atoms with van der Waals surface area (Å²) in [5.41, 5.74) is -1.94. The molecule has 0 radical (unpaired) electrons. The Bertz CT molecular complexity index is 1220. The van der Waals surface area contributed by atoms with Gasteiger partial charge in [0.15, 0.2) is 5.78 Å². The molecule has 2 heterocycles. The molecule has 2 aliphatic carbocycles. The van der Waals surface area contributed by atoms with Crippen molar-refractivity contribution in [1.82, 2.24) is 14.9 Å². The molecule has 4 rings (SSSR count). The number of hydrogen-bond acceptors (Lipinski definition) is 8. The molecule has 2 aliphatic heterocycles. The van der Waals surface area contributed by atoms with Crippen LogP contribution in [0.4, 0.5) is 4.79 Å². The molecule has 3 amide bonds. The number of amides is 3. The third-order valence-corrected chi connectivity index (χ3v) is 11.5. The number of allylic oxidation sites excluding steroid dienone is 2. The van der Waals surface area contributed by atoms with E-state index in [9.17, 15) is 27.6 Å². The summed E-state index contributed by atoms with van der Waals surface area (Å²) in [6, 6.07) is -1.78. The van der Waals surface area contributed by atoms with Crippen molar-refractivity contribution >= 4 is 33.7 Å². The molecule has 1 unspecified atom stereocenters. The Morgan fingerprint density at radius 2 is 1.81 bits per heavy atom. The quantitative estimate of drug-likeness (QED) is 0.452. The highest BCUT2D eigenvalue weighted by Gasteiger charge is 2.63. The van der Waals surface area contributed by atoms with Crippen LogP contribution in [-0.4, -0.2) is 79.2 Å². The summed E-state index contributed by atoms with van der Waals surface area (Å²) >= 11 is 0. The number of ketones is 1. The van der Waals surface area contributed by atoms with Gasteiger partial charge in [-0.1, -0.05) is 31.9 Å². The summed E-state index contributed by atoms with van der Waals surface area (Å²) in [5, 5.41) is 2.73. The number of Topliss-reactive ketones (excluding diaryl/α,β-unsaturated/α-hetero) is 1. The molecule has 2 saturated carbocycles. The fourth-order valence-corrected chi connectivity index (χ4v) is 7.57. The highest BCUT2D eigenvalue weighted by Crippen LogP contribution is 2.57. The first kappa shape index (κ1) is 32.4. The smallest absolute Gasteiger partial charge is 0.408 e. The highest BCUT2D eigenvalue weighted by atomic mass is 32.2. The lowest BCUT2D eigenvalue weighted by atomic mass is 9.87. The van der Waals surface area contributed by atoms with E-state index in [1.165, 1.54) is 12.0 Å². The van der Waals surface area contributed by atoms with E-state index in [2.05, 4.69) is 10.0 Å². The molecule has 0 aromatic carbocycles. The molecule has 42 heavy (non-hydrogen) atoms. The lowest BCUT2D eigenvalue weighted by Crippen LogP contribution is -2.53. The van der Waals surface area contributed by atoms with Gasteiger partial charge in [0.2, 0.25) is 21.8 Å². The third-order valence-electron chi connectivity index (χ3n) is 9.34. The number of nitrogens with zero attached hydrogens (tertiary/aromatic N) is 1. The maximum atomic E-state index is 14.1. The largest absolute Gasteiger partial charge is 0.444 e. The van der Waals surface area contributed by atoms with Gasteiger partial charge in [-0.05, 0) is 72.1 Å². The predicted octanol–water partition coefficient (Wildman–Crippen LogP) is 3.23. The first-order chi connectivity index (χ1) is 19.5. The number of hydrogen-bond donors (Lipinski definition) is 2. The van der Waals surface area contributed by atoms with E-state index in [4.69, 9.17) is 9.47 Å². The molecule has 6 atom stereocenters. The minimum atomic E-state index is -3.88. The SMILES string of the molecule is CO[C@H]1CN2C(=O)[C@@H](NC(=O)OC(C)(C)C)CCCCC/C=C\[C@@H]3C[C@@]3(C(=O)NS(=O)(=O)C3(C)CC3)CC(=O)[C@@H]2C1C. The van der Waals surface area contributed by atoms with Crippen molar-refractivity contribution in [2.45, 2.75) is 121 Å². The van der Waals surface area contributed by atoms with Crippen LogP contribution in [-0.2, 0) is 33.9 Å². The van der Waals surface area contributed by atoms with Gasteiger partial charge >= 0.3 is 6.09 Å². The van der Waals surface area contributed by atoms with E-state index < -0.39 is 61.9 Å². The number of nitrogens with one attached hydrogen (secondary N) is 2. The van der Waals surface area contributed by atoms with Gasteiger partial charge in [0.1, 0.15) is 11.6 Å². The van der Waals surface area contributed by atoms with Crippen LogP contribution < -0.4 is 10.0 Å². The van der Waals surface area contributed by atoms with Crippen LogP contribution in [0.1, 0.15) is 92.4 Å². The zero-order valence-corrected chi connectivity index (χ0v) is 26.6. The second-order valence-electron chi connectivity index (χ2n) is 13.8. The van der Waals surface area contributed by atoms with Gasteiger partial charge in [-0.2, -0.15) is 0 Å². The number of fused-ring (bicyclic) bond motifs is 2. The molecular formula is C30H47N3O8S. The normalized spacial score (nSPS) is 34.2. The van der Waals surface area contributed by atoms with Crippen molar-refractivity contribution in [1.29, 1.82) is 0 Å². The molecule has 1 saturated heterocycles. The second-order valence-corrected chi connectivity index (χ2v) is 16.0. The van der Waals surface area contributed by atoms with Gasteiger partial charge < -0.3 is 19.7 Å². The number of carbonyl (C=O) groups excluding carboxylic acids is 4. The maximum Gasteiger partial charge on any atom is 0.408 e. The highest BCUT2D eigenvalue weighted by molar-refractivity contribution is 7.91. The maximum absolute atomic E-state index is 14.1. The number of sulfonamides is 1. The molecule has 4 aliphatic rings. The number of ether oxygens (including phenoxy) is 2. The first-order valence-corrected chi connectivity index (χ1v) is 16.6. The second kappa shape index (κ2) is 11.9. The van der Waals surface area contributed by atoms with Crippen LogP contribution in [0.2, 0.25) is 0 Å². The van der Waals surface area contributed by atoms with Crippen LogP contribution >= 0.6 is 0 Å². The van der Waals surface area contributed by atoms with Gasteiger partial charge in [-0.15, -0.1) is 0 Å². The minimum absolute atomic E-state index is 0.161. The van der Waals surface area contributed by atoms with Gasteiger partial charge in [-0.3, -0.25) is 19.1 Å². The van der Waals surface area contributed by atoms with Gasteiger partial charge in [-0.25, -0.2) is 13.2 Å². The summed E-state index contributed by atoms with van der Waals surface area (Å²) in [7, 11) is -2.36. The summed E-state index contributed by atoms with van der Waals surface area (Å²) in [4.78, 5) is 55.8. The molecule has 3 fully saturated rings. The average molecular weight is 610 g/mol. The van der Waals surface area contributed by atoms with Crippen molar-refractivity contribution in [2.24, 2.45) is 17.3 Å². The van der Waals surface area contributed by atoms with Crippen molar-refractivity contribution in [2.75, 3.05) is 13.7 Å². The Kier molecular flexibility index (Phi) is 9.19. The van der Waals surface area contributed by atoms with Gasteiger partial charge in [0.25, 0.3) is 0 Å². The van der Waals surface area contributed by atoms with Crippen LogP contribution in [0.5, 0.6) is 0 Å². The van der Waals surface area contributed by atoms with Gasteiger partial charge in [0.05, 0.1) is 22.3 Å². The summed E-state index contributed by atoms with van der Waals surface area (Å²) < 4.78 is 38.3. The first-order valence-electron chi connectivity index (χ1n) is 15.1. The Labute approximate surface area is 249 Å². The third kappa shape index (κ3) is 6.85. The molecule has 12 heteroatoms. The molecular weight excluding hydrogens is 562 g/mol. The Balaban J connectivity index is 1.63. The fraction of sp³-hybridized carbons (Fsp3) is 0.800. The van der Waals surface area contributed by atoms with Crippen molar-refractivity contribution in [3.8, 4) is 0 Å². The molecule has 2 N–H and O–H groups in total. The molecule has 11 nitrogen and oxygen atoms in total. The Hall–Kier alpha value is -2.47. The standard InChI is InChI=1S/C30H47N3O8S/c1-19-23(40-6)18-33-24(19)22(34)17-30(26(36)32-42(38,39)29(5)14-15-29)16-20(30)12-10-8-7-9-11-13-21(25(33)35)31-27(37)41-28(2,3)4/h10,12,19-21,23-24H,7-9,11,13-18H2,1-6H3,(H,31,37)(H,32,36)/b12-10-/t19?,20-,21+,23+,24+,30-/m1/s1. The van der Waals surface area contributed by atoms with Crippen LogP contribution in [0, 0.1) is 17.3 Å². The number of alkyl carbamates (subject to hydrolysis) is 1. The summed E-state index contributed by atoms with van der Waals surface area (Å²) in [6.07, 6.45) is 7.41. The van der Waals surface area contributed by atoms with E-state index in [0.717, 1.165) is 19.3 Å². The van der Waals surface area contributed by atoms with Crippen LogP contribution in [0.15, 0.2) is 12.2 Å². The predicted molar refractivity (Wildman–Crippen MR) is 156 cm³/mol. The van der Waals surface area contributed by atoms with E-state index in [0.29, 0.717) is 32.1 Å². The van der Waals surface area contributed by atoms with E-state index in [1.54, 1.807) is 27.7 Å². The van der Waals surface area contributed by atoms with Crippen molar-refractivity contribution in [3.05, 3.63) is 12.2 Å². The Morgan fingerprint density at radius 1 is 1.12 bits per heavy atom. The lowest BCUT2D eigenvalue weighted by molar-refractivity contribution is -0.141. The Morgan fingerprint density at radius 3 is 2.43 bits per heavy atom. The van der Waals surface area contributed by atoms with E-state index in [1.807, 2.05) is 19.1 Å². The van der Waals surface area contributed by atoms with Crippen molar-refractivity contribution in [3.63, 3.8) is 0 Å².